The van der Waals surface area contributed by atoms with E-state index in [1.165, 1.54) is 42.1 Å². The zero-order valence-corrected chi connectivity index (χ0v) is 12.3. The maximum absolute atomic E-state index is 3.76. The second-order valence-electron chi connectivity index (χ2n) is 5.86. The average Bonchev–Trinajstić information content (AvgIpc) is 3.14. The van der Waals surface area contributed by atoms with E-state index in [9.17, 15) is 0 Å². The van der Waals surface area contributed by atoms with Crippen molar-refractivity contribution in [1.29, 1.82) is 0 Å². The van der Waals surface area contributed by atoms with Crippen LogP contribution in [0.5, 0.6) is 0 Å². The molecule has 1 aliphatic heterocycles. The molecule has 0 spiro atoms. The lowest BCUT2D eigenvalue weighted by molar-refractivity contribution is 0.113. The molecular formula is C15H24N2S. The first-order chi connectivity index (χ1) is 8.76. The van der Waals surface area contributed by atoms with Crippen molar-refractivity contribution < 1.29 is 0 Å². The molecule has 2 heterocycles. The highest BCUT2D eigenvalue weighted by molar-refractivity contribution is 7.11. The number of nitrogens with zero attached hydrogens (tertiary/aromatic N) is 1. The monoisotopic (exact) mass is 264 g/mol. The summed E-state index contributed by atoms with van der Waals surface area (Å²) in [6, 6.07) is 6.04. The topological polar surface area (TPSA) is 15.3 Å². The van der Waals surface area contributed by atoms with E-state index in [1.807, 2.05) is 11.3 Å². The van der Waals surface area contributed by atoms with Gasteiger partial charge in [0.25, 0.3) is 0 Å². The molecule has 1 saturated carbocycles. The molecule has 2 atom stereocenters. The molecule has 0 amide bonds. The quantitative estimate of drug-likeness (QED) is 0.899. The summed E-state index contributed by atoms with van der Waals surface area (Å²) in [6.07, 6.45) is 4.15. The lowest BCUT2D eigenvalue weighted by atomic mass is 10.0. The van der Waals surface area contributed by atoms with Gasteiger partial charge >= 0.3 is 0 Å². The summed E-state index contributed by atoms with van der Waals surface area (Å²) in [5, 5.41) is 3.76. The highest BCUT2D eigenvalue weighted by Gasteiger charge is 2.36. The van der Waals surface area contributed by atoms with Gasteiger partial charge < -0.3 is 5.32 Å². The van der Waals surface area contributed by atoms with E-state index in [-0.39, 0.29) is 0 Å². The van der Waals surface area contributed by atoms with Crippen LogP contribution in [0.1, 0.15) is 35.9 Å². The van der Waals surface area contributed by atoms with E-state index in [0.717, 1.165) is 24.5 Å². The Morgan fingerprint density at radius 3 is 2.83 bits per heavy atom. The summed E-state index contributed by atoms with van der Waals surface area (Å²) in [5.74, 6) is 0.968. The molecule has 0 aromatic carbocycles. The van der Waals surface area contributed by atoms with Crippen LogP contribution in [-0.2, 0) is 6.54 Å². The smallest absolute Gasteiger partial charge is 0.0332 e. The lowest BCUT2D eigenvalue weighted by Gasteiger charge is -2.40. The normalized spacial score (nSPS) is 29.7. The number of aryl methyl sites for hydroxylation is 1. The molecule has 0 radical (unpaired) electrons. The van der Waals surface area contributed by atoms with E-state index >= 15 is 0 Å². The standard InChI is InChI=1S/C15H24N2S/c1-3-13-8-16-15(12-5-6-12)10-17(13)9-14-7-4-11(2)18-14/h4,7,12-13,15-16H,3,5-6,8-10H2,1-2H3. The molecule has 2 fully saturated rings. The molecule has 1 N–H and O–H groups in total. The van der Waals surface area contributed by atoms with Crippen molar-refractivity contribution in [2.75, 3.05) is 13.1 Å². The Morgan fingerprint density at radius 2 is 2.22 bits per heavy atom. The molecule has 100 valence electrons. The second kappa shape index (κ2) is 5.32. The molecular weight excluding hydrogens is 240 g/mol. The molecule has 18 heavy (non-hydrogen) atoms. The predicted molar refractivity (Wildman–Crippen MR) is 78.1 cm³/mol. The van der Waals surface area contributed by atoms with Gasteiger partial charge in [-0.2, -0.15) is 0 Å². The number of thiophene rings is 1. The van der Waals surface area contributed by atoms with Gasteiger partial charge in [-0.3, -0.25) is 4.90 Å². The van der Waals surface area contributed by atoms with Crippen molar-refractivity contribution in [1.82, 2.24) is 10.2 Å². The van der Waals surface area contributed by atoms with Gasteiger partial charge in [-0.25, -0.2) is 0 Å². The van der Waals surface area contributed by atoms with Crippen LogP contribution in [0.2, 0.25) is 0 Å². The van der Waals surface area contributed by atoms with Crippen molar-refractivity contribution in [3.63, 3.8) is 0 Å². The first-order valence-corrected chi connectivity index (χ1v) is 8.10. The first-order valence-electron chi connectivity index (χ1n) is 7.29. The molecule has 1 saturated heterocycles. The third-order valence-electron chi connectivity index (χ3n) is 4.38. The Balaban J connectivity index is 1.65. The minimum atomic E-state index is 0.724. The second-order valence-corrected chi connectivity index (χ2v) is 7.23. The van der Waals surface area contributed by atoms with Crippen LogP contribution in [0.4, 0.5) is 0 Å². The summed E-state index contributed by atoms with van der Waals surface area (Å²) in [6.45, 7) is 8.11. The molecule has 2 nitrogen and oxygen atoms in total. The molecule has 2 aliphatic rings. The number of hydrogen-bond donors (Lipinski definition) is 1. The summed E-state index contributed by atoms with van der Waals surface area (Å²) < 4.78 is 0. The van der Waals surface area contributed by atoms with Crippen molar-refractivity contribution in [2.24, 2.45) is 5.92 Å². The first kappa shape index (κ1) is 12.6. The summed E-state index contributed by atoms with van der Waals surface area (Å²) in [5.41, 5.74) is 0. The third-order valence-corrected chi connectivity index (χ3v) is 5.37. The molecule has 1 aromatic rings. The zero-order valence-electron chi connectivity index (χ0n) is 11.5. The Hall–Kier alpha value is -0.380. The fraction of sp³-hybridized carbons (Fsp3) is 0.733. The molecule has 1 aromatic heterocycles. The summed E-state index contributed by atoms with van der Waals surface area (Å²) in [4.78, 5) is 5.68. The maximum Gasteiger partial charge on any atom is 0.0332 e. The summed E-state index contributed by atoms with van der Waals surface area (Å²) in [7, 11) is 0. The third kappa shape index (κ3) is 2.79. The van der Waals surface area contributed by atoms with E-state index in [4.69, 9.17) is 0 Å². The maximum atomic E-state index is 3.76. The van der Waals surface area contributed by atoms with E-state index in [2.05, 4.69) is 36.2 Å². The minimum Gasteiger partial charge on any atom is -0.311 e. The average molecular weight is 264 g/mol. The van der Waals surface area contributed by atoms with E-state index in [0.29, 0.717) is 0 Å². The van der Waals surface area contributed by atoms with Crippen LogP contribution >= 0.6 is 11.3 Å². The Bertz CT molecular complexity index is 397. The van der Waals surface area contributed by atoms with Gasteiger partial charge in [0.1, 0.15) is 0 Å². The number of rotatable bonds is 4. The van der Waals surface area contributed by atoms with Crippen LogP contribution in [-0.4, -0.2) is 30.1 Å². The highest BCUT2D eigenvalue weighted by atomic mass is 32.1. The van der Waals surface area contributed by atoms with Gasteiger partial charge in [-0.15, -0.1) is 11.3 Å². The van der Waals surface area contributed by atoms with Crippen LogP contribution in [0.15, 0.2) is 12.1 Å². The Labute approximate surface area is 114 Å². The molecule has 0 bridgehead atoms. The zero-order chi connectivity index (χ0) is 12.5. The van der Waals surface area contributed by atoms with Crippen LogP contribution in [0.25, 0.3) is 0 Å². The van der Waals surface area contributed by atoms with Crippen molar-refractivity contribution in [3.05, 3.63) is 21.9 Å². The van der Waals surface area contributed by atoms with Crippen LogP contribution in [0.3, 0.4) is 0 Å². The van der Waals surface area contributed by atoms with Gasteiger partial charge in [0.05, 0.1) is 0 Å². The van der Waals surface area contributed by atoms with Gasteiger partial charge in [0.15, 0.2) is 0 Å². The van der Waals surface area contributed by atoms with Crippen LogP contribution < -0.4 is 5.32 Å². The fourth-order valence-electron chi connectivity index (χ4n) is 3.06. The number of hydrogen-bond acceptors (Lipinski definition) is 3. The van der Waals surface area contributed by atoms with Gasteiger partial charge in [-0.05, 0) is 44.2 Å². The van der Waals surface area contributed by atoms with Gasteiger partial charge in [0.2, 0.25) is 0 Å². The number of piperazine rings is 1. The molecule has 3 heteroatoms. The van der Waals surface area contributed by atoms with Crippen molar-refractivity contribution >= 4 is 11.3 Å². The SMILES string of the molecule is CCC1CNC(C2CC2)CN1Cc1ccc(C)s1. The van der Waals surface area contributed by atoms with Crippen molar-refractivity contribution in [2.45, 2.75) is 51.7 Å². The molecule has 2 unspecified atom stereocenters. The van der Waals surface area contributed by atoms with Gasteiger partial charge in [-0.1, -0.05) is 6.92 Å². The molecule has 3 rings (SSSR count). The predicted octanol–water partition coefficient (Wildman–Crippen LogP) is 3.02. The van der Waals surface area contributed by atoms with Gasteiger partial charge in [0, 0.05) is 41.5 Å². The van der Waals surface area contributed by atoms with E-state index < -0.39 is 0 Å². The summed E-state index contributed by atoms with van der Waals surface area (Å²) >= 11 is 1.96. The largest absolute Gasteiger partial charge is 0.311 e. The van der Waals surface area contributed by atoms with E-state index in [1.54, 1.807) is 0 Å². The molecule has 1 aliphatic carbocycles. The Kier molecular flexibility index (Phi) is 3.73. The fourth-order valence-corrected chi connectivity index (χ4v) is 3.98. The minimum absolute atomic E-state index is 0.724. The van der Waals surface area contributed by atoms with Crippen LogP contribution in [0, 0.1) is 12.8 Å². The highest BCUT2D eigenvalue weighted by Crippen LogP contribution is 2.35. The number of nitrogens with one attached hydrogen (secondary N) is 1. The lowest BCUT2D eigenvalue weighted by Crippen LogP contribution is -2.56. The Morgan fingerprint density at radius 1 is 1.39 bits per heavy atom. The van der Waals surface area contributed by atoms with Crippen molar-refractivity contribution in [3.8, 4) is 0 Å².